The van der Waals surface area contributed by atoms with Crippen molar-refractivity contribution in [2.45, 2.75) is 19.4 Å². The summed E-state index contributed by atoms with van der Waals surface area (Å²) in [5.41, 5.74) is 1.60. The standard InChI is InChI=1S/C16H21NO4/c1-20-14-10-12(5-6-15(18)21-2)9-13(16(14)19)11-17-7-3-4-8-17/h5-6,9-10,19H,3-4,7-8,11H2,1-2H3/b6-5+. The maximum atomic E-state index is 11.2. The first-order chi connectivity index (χ1) is 10.1. The Labute approximate surface area is 124 Å². The molecule has 1 aromatic rings. The predicted octanol–water partition coefficient (Wildman–Crippen LogP) is 2.18. The zero-order valence-electron chi connectivity index (χ0n) is 12.5. The normalized spacial score (nSPS) is 15.5. The molecule has 1 aliphatic heterocycles. The van der Waals surface area contributed by atoms with Gasteiger partial charge in [0.1, 0.15) is 0 Å². The van der Waals surface area contributed by atoms with Crippen LogP contribution in [0.3, 0.4) is 0 Å². The SMILES string of the molecule is COC(=O)/C=C/c1cc(CN2CCCC2)c(O)c(OC)c1. The quantitative estimate of drug-likeness (QED) is 0.665. The van der Waals surface area contributed by atoms with Crippen LogP contribution in [0.4, 0.5) is 0 Å². The van der Waals surface area contributed by atoms with Gasteiger partial charge in [-0.2, -0.15) is 0 Å². The van der Waals surface area contributed by atoms with Crippen LogP contribution in [-0.2, 0) is 16.1 Å². The van der Waals surface area contributed by atoms with E-state index in [4.69, 9.17) is 4.74 Å². The monoisotopic (exact) mass is 291 g/mol. The molecule has 0 radical (unpaired) electrons. The van der Waals surface area contributed by atoms with Crippen LogP contribution < -0.4 is 4.74 Å². The minimum Gasteiger partial charge on any atom is -0.504 e. The molecular weight excluding hydrogens is 270 g/mol. The Morgan fingerprint density at radius 3 is 2.67 bits per heavy atom. The van der Waals surface area contributed by atoms with Crippen molar-refractivity contribution in [3.8, 4) is 11.5 Å². The van der Waals surface area contributed by atoms with E-state index in [2.05, 4.69) is 9.64 Å². The fourth-order valence-electron chi connectivity index (χ4n) is 2.48. The fraction of sp³-hybridized carbons (Fsp3) is 0.438. The van der Waals surface area contributed by atoms with E-state index in [1.807, 2.05) is 6.07 Å². The van der Waals surface area contributed by atoms with Crippen LogP contribution in [0, 0.1) is 0 Å². The highest BCUT2D eigenvalue weighted by Crippen LogP contribution is 2.33. The number of carbonyl (C=O) groups excluding carboxylic acids is 1. The van der Waals surface area contributed by atoms with E-state index in [0.29, 0.717) is 12.3 Å². The maximum Gasteiger partial charge on any atom is 0.330 e. The van der Waals surface area contributed by atoms with E-state index in [9.17, 15) is 9.90 Å². The number of nitrogens with zero attached hydrogens (tertiary/aromatic N) is 1. The van der Waals surface area contributed by atoms with Crippen LogP contribution in [0.2, 0.25) is 0 Å². The molecule has 5 heteroatoms. The second kappa shape index (κ2) is 7.13. The summed E-state index contributed by atoms with van der Waals surface area (Å²) in [5, 5.41) is 10.2. The van der Waals surface area contributed by atoms with E-state index < -0.39 is 5.97 Å². The van der Waals surface area contributed by atoms with Crippen LogP contribution in [0.5, 0.6) is 11.5 Å². The second-order valence-corrected chi connectivity index (χ2v) is 5.07. The van der Waals surface area contributed by atoms with Crippen LogP contribution in [-0.4, -0.2) is 43.3 Å². The molecule has 0 saturated carbocycles. The van der Waals surface area contributed by atoms with Crippen LogP contribution in [0.25, 0.3) is 6.08 Å². The van der Waals surface area contributed by atoms with E-state index >= 15 is 0 Å². The van der Waals surface area contributed by atoms with Gasteiger partial charge in [0.05, 0.1) is 14.2 Å². The number of phenolic OH excluding ortho intramolecular Hbond substituents is 1. The number of hydrogen-bond donors (Lipinski definition) is 1. The number of likely N-dealkylation sites (tertiary alicyclic amines) is 1. The second-order valence-electron chi connectivity index (χ2n) is 5.07. The Kier molecular flexibility index (Phi) is 5.22. The largest absolute Gasteiger partial charge is 0.504 e. The number of phenols is 1. The molecule has 0 aliphatic carbocycles. The number of rotatable bonds is 5. The van der Waals surface area contributed by atoms with Gasteiger partial charge in [-0.1, -0.05) is 0 Å². The highest BCUT2D eigenvalue weighted by Gasteiger charge is 2.16. The van der Waals surface area contributed by atoms with Crippen molar-refractivity contribution in [1.82, 2.24) is 4.90 Å². The number of benzene rings is 1. The molecular formula is C16H21NO4. The van der Waals surface area contributed by atoms with Crippen molar-refractivity contribution in [1.29, 1.82) is 0 Å². The lowest BCUT2D eigenvalue weighted by atomic mass is 10.1. The molecule has 1 N–H and O–H groups in total. The summed E-state index contributed by atoms with van der Waals surface area (Å²) in [4.78, 5) is 13.5. The third-order valence-corrected chi connectivity index (χ3v) is 3.60. The molecule has 114 valence electrons. The molecule has 1 aliphatic rings. The summed E-state index contributed by atoms with van der Waals surface area (Å²) in [6.07, 6.45) is 5.40. The van der Waals surface area contributed by atoms with Crippen LogP contribution in [0.1, 0.15) is 24.0 Å². The van der Waals surface area contributed by atoms with Crippen molar-refractivity contribution in [3.63, 3.8) is 0 Å². The molecule has 21 heavy (non-hydrogen) atoms. The maximum absolute atomic E-state index is 11.2. The lowest BCUT2D eigenvalue weighted by Gasteiger charge is -2.17. The summed E-state index contributed by atoms with van der Waals surface area (Å²) >= 11 is 0. The molecule has 0 aromatic heterocycles. The molecule has 5 nitrogen and oxygen atoms in total. The Morgan fingerprint density at radius 2 is 2.05 bits per heavy atom. The first kappa shape index (κ1) is 15.4. The zero-order chi connectivity index (χ0) is 15.2. The average molecular weight is 291 g/mol. The smallest absolute Gasteiger partial charge is 0.330 e. The topological polar surface area (TPSA) is 59.0 Å². The summed E-state index contributed by atoms with van der Waals surface area (Å²) in [6, 6.07) is 3.57. The number of hydrogen-bond acceptors (Lipinski definition) is 5. The lowest BCUT2D eigenvalue weighted by molar-refractivity contribution is -0.134. The number of methoxy groups -OCH3 is 2. The highest BCUT2D eigenvalue weighted by atomic mass is 16.5. The molecule has 1 saturated heterocycles. The van der Waals surface area contributed by atoms with Gasteiger partial charge in [-0.25, -0.2) is 4.79 Å². The minimum atomic E-state index is -0.414. The van der Waals surface area contributed by atoms with Gasteiger partial charge in [-0.3, -0.25) is 4.90 Å². The van der Waals surface area contributed by atoms with Crippen molar-refractivity contribution >= 4 is 12.0 Å². The number of carbonyl (C=O) groups is 1. The number of esters is 1. The summed E-state index contributed by atoms with van der Waals surface area (Å²) in [7, 11) is 2.85. The van der Waals surface area contributed by atoms with E-state index in [1.54, 1.807) is 12.1 Å². The van der Waals surface area contributed by atoms with Crippen LogP contribution >= 0.6 is 0 Å². The summed E-state index contributed by atoms with van der Waals surface area (Å²) in [5.74, 6) is 0.166. The van der Waals surface area contributed by atoms with Gasteiger partial charge in [-0.05, 0) is 49.7 Å². The van der Waals surface area contributed by atoms with Crippen LogP contribution in [0.15, 0.2) is 18.2 Å². The van der Waals surface area contributed by atoms with Crippen molar-refractivity contribution in [2.75, 3.05) is 27.3 Å². The summed E-state index contributed by atoms with van der Waals surface area (Å²) in [6.45, 7) is 2.77. The van der Waals surface area contributed by atoms with E-state index in [0.717, 1.165) is 24.2 Å². The number of aromatic hydroxyl groups is 1. The predicted molar refractivity (Wildman–Crippen MR) is 80.2 cm³/mol. The molecule has 0 spiro atoms. The zero-order valence-corrected chi connectivity index (χ0v) is 12.5. The highest BCUT2D eigenvalue weighted by molar-refractivity contribution is 5.87. The molecule has 0 bridgehead atoms. The van der Waals surface area contributed by atoms with Crippen molar-refractivity contribution in [2.24, 2.45) is 0 Å². The van der Waals surface area contributed by atoms with E-state index in [1.165, 1.54) is 33.1 Å². The molecule has 1 fully saturated rings. The molecule has 1 aromatic carbocycles. The van der Waals surface area contributed by atoms with Gasteiger partial charge in [0.25, 0.3) is 0 Å². The minimum absolute atomic E-state index is 0.166. The Balaban J connectivity index is 2.25. The van der Waals surface area contributed by atoms with Gasteiger partial charge in [0, 0.05) is 18.2 Å². The fourth-order valence-corrected chi connectivity index (χ4v) is 2.48. The third kappa shape index (κ3) is 3.98. The first-order valence-corrected chi connectivity index (χ1v) is 7.02. The van der Waals surface area contributed by atoms with Gasteiger partial charge in [0.2, 0.25) is 0 Å². The molecule has 0 unspecified atom stereocenters. The third-order valence-electron chi connectivity index (χ3n) is 3.60. The van der Waals surface area contributed by atoms with Crippen molar-refractivity contribution in [3.05, 3.63) is 29.3 Å². The summed E-state index contributed by atoms with van der Waals surface area (Å²) < 4.78 is 9.78. The van der Waals surface area contributed by atoms with Gasteiger partial charge in [0.15, 0.2) is 11.5 Å². The van der Waals surface area contributed by atoms with Gasteiger partial charge in [-0.15, -0.1) is 0 Å². The van der Waals surface area contributed by atoms with E-state index in [-0.39, 0.29) is 5.75 Å². The lowest BCUT2D eigenvalue weighted by Crippen LogP contribution is -2.18. The molecule has 0 amide bonds. The first-order valence-electron chi connectivity index (χ1n) is 7.02. The van der Waals surface area contributed by atoms with Gasteiger partial charge >= 0.3 is 5.97 Å². The number of ether oxygens (including phenoxy) is 2. The Hall–Kier alpha value is -2.01. The van der Waals surface area contributed by atoms with Crippen molar-refractivity contribution < 1.29 is 19.4 Å². The molecule has 1 heterocycles. The average Bonchev–Trinajstić information content (AvgIpc) is 3.00. The van der Waals surface area contributed by atoms with Gasteiger partial charge < -0.3 is 14.6 Å². The Morgan fingerprint density at radius 1 is 1.33 bits per heavy atom. The molecule has 2 rings (SSSR count). The Bertz CT molecular complexity index is 533. The molecule has 0 atom stereocenters.